The van der Waals surface area contributed by atoms with Gasteiger partial charge in [0.25, 0.3) is 5.19 Å². The zero-order valence-electron chi connectivity index (χ0n) is 15.0. The van der Waals surface area contributed by atoms with E-state index in [1.165, 1.54) is 23.7 Å². The Morgan fingerprint density at radius 1 is 1.15 bits per heavy atom. The van der Waals surface area contributed by atoms with Gasteiger partial charge < -0.3 is 15.4 Å². The highest BCUT2D eigenvalue weighted by molar-refractivity contribution is 7.90. The third kappa shape index (κ3) is 4.95. The second-order valence-corrected chi connectivity index (χ2v) is 9.27. The Bertz CT molecular complexity index is 1070. The molecule has 2 amide bonds. The van der Waals surface area contributed by atoms with Crippen LogP contribution in [-0.2, 0) is 9.84 Å². The van der Waals surface area contributed by atoms with Crippen molar-refractivity contribution >= 4 is 43.1 Å². The van der Waals surface area contributed by atoms with E-state index in [0.717, 1.165) is 4.70 Å². The molecule has 3 aromatic rings. The van der Waals surface area contributed by atoms with Crippen LogP contribution in [0.2, 0.25) is 0 Å². The maximum absolute atomic E-state index is 11.7. The van der Waals surface area contributed by atoms with Gasteiger partial charge in [-0.2, -0.15) is 0 Å². The molecule has 0 fully saturated rings. The quantitative estimate of drug-likeness (QED) is 0.668. The number of rotatable bonds is 5. The molecule has 0 radical (unpaired) electrons. The minimum Gasteiger partial charge on any atom is -0.431 e. The summed E-state index contributed by atoms with van der Waals surface area (Å²) in [6.07, 6.45) is 1.17. The molecule has 7 nitrogen and oxygen atoms in total. The number of anilines is 1. The number of carbonyl (C=O) groups is 1. The molecule has 1 aromatic heterocycles. The molecule has 27 heavy (non-hydrogen) atoms. The van der Waals surface area contributed by atoms with Gasteiger partial charge >= 0.3 is 6.03 Å². The highest BCUT2D eigenvalue weighted by Gasteiger charge is 2.12. The van der Waals surface area contributed by atoms with Crippen LogP contribution in [0.4, 0.5) is 10.5 Å². The smallest absolute Gasteiger partial charge is 0.319 e. The predicted octanol–water partition coefficient (Wildman–Crippen LogP) is 4.02. The first-order valence-corrected chi connectivity index (χ1v) is 10.9. The summed E-state index contributed by atoms with van der Waals surface area (Å²) in [4.78, 5) is 16.3. The lowest BCUT2D eigenvalue weighted by atomic mass is 10.3. The van der Waals surface area contributed by atoms with Crippen LogP contribution in [0, 0.1) is 0 Å². The molecule has 0 atom stereocenters. The van der Waals surface area contributed by atoms with E-state index in [9.17, 15) is 13.2 Å². The Morgan fingerprint density at radius 3 is 2.48 bits per heavy atom. The van der Waals surface area contributed by atoms with Crippen molar-refractivity contribution in [2.45, 2.75) is 24.8 Å². The van der Waals surface area contributed by atoms with Gasteiger partial charge in [0.1, 0.15) is 5.75 Å². The minimum atomic E-state index is -3.27. The summed E-state index contributed by atoms with van der Waals surface area (Å²) in [5, 5.41) is 5.88. The van der Waals surface area contributed by atoms with E-state index in [0.29, 0.717) is 22.1 Å². The summed E-state index contributed by atoms with van der Waals surface area (Å²) in [7, 11) is -3.27. The van der Waals surface area contributed by atoms with Gasteiger partial charge in [-0.3, -0.25) is 0 Å². The second-order valence-electron chi connectivity index (χ2n) is 6.26. The van der Waals surface area contributed by atoms with Gasteiger partial charge in [0.15, 0.2) is 9.84 Å². The summed E-state index contributed by atoms with van der Waals surface area (Å²) in [5.41, 5.74) is 1.31. The lowest BCUT2D eigenvalue weighted by molar-refractivity contribution is 0.250. The number of amides is 2. The number of nitrogens with zero attached hydrogens (tertiary/aromatic N) is 1. The molecule has 9 heteroatoms. The van der Waals surface area contributed by atoms with Crippen molar-refractivity contribution in [1.29, 1.82) is 0 Å². The molecular formula is C18H19N3O4S2. The minimum absolute atomic E-state index is 0.0508. The van der Waals surface area contributed by atoms with Crippen molar-refractivity contribution in [1.82, 2.24) is 10.3 Å². The zero-order chi connectivity index (χ0) is 19.6. The fourth-order valence-electron chi connectivity index (χ4n) is 2.29. The number of thiazole rings is 1. The lowest BCUT2D eigenvalue weighted by Gasteiger charge is -2.10. The number of fused-ring (bicyclic) bond motifs is 1. The summed E-state index contributed by atoms with van der Waals surface area (Å²) in [6.45, 7) is 3.76. The van der Waals surface area contributed by atoms with Gasteiger partial charge in [-0.1, -0.05) is 11.3 Å². The first-order chi connectivity index (χ1) is 12.7. The SMILES string of the molecule is CC(C)NC(=O)Nc1ccc(Oc2nc3ccc(S(C)(=O)=O)cc3s2)cc1. The van der Waals surface area contributed by atoms with E-state index in [-0.39, 0.29) is 17.0 Å². The van der Waals surface area contributed by atoms with Crippen molar-refractivity contribution in [2.24, 2.45) is 0 Å². The molecule has 1 heterocycles. The summed E-state index contributed by atoms with van der Waals surface area (Å²) < 4.78 is 29.8. The van der Waals surface area contributed by atoms with Crippen molar-refractivity contribution in [3.8, 4) is 10.9 Å². The van der Waals surface area contributed by atoms with Crippen LogP contribution in [0.5, 0.6) is 10.9 Å². The van der Waals surface area contributed by atoms with E-state index in [4.69, 9.17) is 4.74 Å². The molecule has 0 aliphatic rings. The molecule has 0 saturated heterocycles. The van der Waals surface area contributed by atoms with Crippen LogP contribution in [-0.4, -0.2) is 31.7 Å². The molecule has 0 unspecified atom stereocenters. The molecule has 0 aliphatic carbocycles. The number of hydrogen-bond acceptors (Lipinski definition) is 6. The molecule has 142 valence electrons. The number of aromatic nitrogens is 1. The van der Waals surface area contributed by atoms with Crippen molar-refractivity contribution in [2.75, 3.05) is 11.6 Å². The van der Waals surface area contributed by atoms with Crippen LogP contribution in [0.1, 0.15) is 13.8 Å². The number of ether oxygens (including phenoxy) is 1. The zero-order valence-corrected chi connectivity index (χ0v) is 16.6. The molecule has 0 bridgehead atoms. The van der Waals surface area contributed by atoms with Crippen molar-refractivity contribution < 1.29 is 17.9 Å². The van der Waals surface area contributed by atoms with Gasteiger partial charge in [0.2, 0.25) is 0 Å². The van der Waals surface area contributed by atoms with E-state index in [1.807, 2.05) is 13.8 Å². The maximum Gasteiger partial charge on any atom is 0.319 e. The fraction of sp³-hybridized carbons (Fsp3) is 0.222. The molecular weight excluding hydrogens is 386 g/mol. The Hall–Kier alpha value is -2.65. The first kappa shape index (κ1) is 19.1. The molecule has 2 aromatic carbocycles. The Morgan fingerprint density at radius 2 is 1.85 bits per heavy atom. The fourth-order valence-corrected chi connectivity index (χ4v) is 3.89. The topological polar surface area (TPSA) is 97.4 Å². The van der Waals surface area contributed by atoms with Crippen LogP contribution < -0.4 is 15.4 Å². The normalized spacial score (nSPS) is 11.6. The standard InChI is InChI=1S/C18H19N3O4S2/c1-11(2)19-17(22)20-12-4-6-13(7-5-12)25-18-21-15-9-8-14(27(3,23)24)10-16(15)26-18/h4-11H,1-3H3,(H2,19,20,22). The van der Waals surface area contributed by atoms with Crippen LogP contribution >= 0.6 is 11.3 Å². The van der Waals surface area contributed by atoms with E-state index < -0.39 is 9.84 Å². The average molecular weight is 406 g/mol. The maximum atomic E-state index is 11.7. The van der Waals surface area contributed by atoms with E-state index in [2.05, 4.69) is 15.6 Å². The number of nitrogens with one attached hydrogen (secondary N) is 2. The highest BCUT2D eigenvalue weighted by Crippen LogP contribution is 2.33. The first-order valence-electron chi connectivity index (χ1n) is 8.17. The summed E-state index contributed by atoms with van der Waals surface area (Å²) >= 11 is 1.27. The summed E-state index contributed by atoms with van der Waals surface area (Å²) in [5.74, 6) is 0.562. The van der Waals surface area contributed by atoms with Crippen LogP contribution in [0.3, 0.4) is 0 Å². The Labute approximate surface area is 161 Å². The summed E-state index contributed by atoms with van der Waals surface area (Å²) in [6, 6.07) is 11.5. The largest absolute Gasteiger partial charge is 0.431 e. The highest BCUT2D eigenvalue weighted by atomic mass is 32.2. The number of carbonyl (C=O) groups excluding carboxylic acids is 1. The van der Waals surface area contributed by atoms with Crippen LogP contribution in [0.15, 0.2) is 47.4 Å². The third-order valence-corrected chi connectivity index (χ3v) is 5.51. The number of sulfone groups is 1. The average Bonchev–Trinajstić information content (AvgIpc) is 2.96. The van der Waals surface area contributed by atoms with Gasteiger partial charge in [-0.15, -0.1) is 0 Å². The molecule has 0 aliphatic heterocycles. The third-order valence-electron chi connectivity index (χ3n) is 3.51. The van der Waals surface area contributed by atoms with Gasteiger partial charge in [-0.05, 0) is 56.3 Å². The Kier molecular flexibility index (Phi) is 5.33. The van der Waals surface area contributed by atoms with Gasteiger partial charge in [0.05, 0.1) is 15.1 Å². The number of benzene rings is 2. The lowest BCUT2D eigenvalue weighted by Crippen LogP contribution is -2.34. The van der Waals surface area contributed by atoms with Crippen molar-refractivity contribution in [3.63, 3.8) is 0 Å². The number of urea groups is 1. The molecule has 2 N–H and O–H groups in total. The van der Waals surface area contributed by atoms with Crippen LogP contribution in [0.25, 0.3) is 10.2 Å². The Balaban J connectivity index is 1.72. The predicted molar refractivity (Wildman–Crippen MR) is 107 cm³/mol. The molecule has 3 rings (SSSR count). The van der Waals surface area contributed by atoms with Crippen molar-refractivity contribution in [3.05, 3.63) is 42.5 Å². The second kappa shape index (κ2) is 7.53. The molecule has 0 saturated carbocycles. The monoisotopic (exact) mass is 405 g/mol. The molecule has 0 spiro atoms. The van der Waals surface area contributed by atoms with Gasteiger partial charge in [-0.25, -0.2) is 18.2 Å². The van der Waals surface area contributed by atoms with Gasteiger partial charge in [0, 0.05) is 18.0 Å². The van der Waals surface area contributed by atoms with E-state index in [1.54, 1.807) is 36.4 Å². The number of hydrogen-bond donors (Lipinski definition) is 2. The van der Waals surface area contributed by atoms with E-state index >= 15 is 0 Å².